The topological polar surface area (TPSA) is 188 Å². The van der Waals surface area contributed by atoms with Gasteiger partial charge in [0.2, 0.25) is 11.8 Å². The maximum atomic E-state index is 13.2. The zero-order valence-electron chi connectivity index (χ0n) is 22.9. The van der Waals surface area contributed by atoms with Gasteiger partial charge in [-0.15, -0.1) is 0 Å². The highest BCUT2D eigenvalue weighted by molar-refractivity contribution is 6.31. The number of nitrogens with zero attached hydrogens (tertiary/aromatic N) is 1. The molecule has 0 radical (unpaired) electrons. The minimum Gasteiger partial charge on any atom is -0.480 e. The van der Waals surface area contributed by atoms with E-state index in [-0.39, 0.29) is 37.8 Å². The minimum atomic E-state index is -1.42. The molecule has 2 unspecified atom stereocenters. The lowest BCUT2D eigenvalue weighted by Crippen LogP contribution is -2.52. The summed E-state index contributed by atoms with van der Waals surface area (Å²) >= 11 is 6.09. The molecule has 226 valence electrons. The van der Waals surface area contributed by atoms with Crippen LogP contribution in [0.4, 0.5) is 4.79 Å². The number of unbranched alkanes of at least 4 members (excludes halogenated alkanes) is 1. The van der Waals surface area contributed by atoms with Gasteiger partial charge in [0.05, 0.1) is 0 Å². The van der Waals surface area contributed by atoms with E-state index in [1.54, 1.807) is 24.3 Å². The second kappa shape index (κ2) is 15.6. The van der Waals surface area contributed by atoms with Gasteiger partial charge >= 0.3 is 18.0 Å². The number of halogens is 1. The second-order valence-corrected chi connectivity index (χ2v) is 11.0. The summed E-state index contributed by atoms with van der Waals surface area (Å²) in [5.74, 6) is -3.47. The third-order valence-electron chi connectivity index (χ3n) is 7.79. The third-order valence-corrected chi connectivity index (χ3v) is 8.16. The summed E-state index contributed by atoms with van der Waals surface area (Å²) < 4.78 is 5.20. The van der Waals surface area contributed by atoms with Crippen LogP contribution in [-0.4, -0.2) is 75.7 Å². The first-order valence-corrected chi connectivity index (χ1v) is 14.4. The van der Waals surface area contributed by atoms with Crippen LogP contribution in [0.1, 0.15) is 69.8 Å². The molecule has 2 aliphatic rings. The Balaban J connectivity index is 1.60. The quantitative estimate of drug-likeness (QED) is 0.202. The number of aliphatic carboxylic acids is 2. The Hall–Kier alpha value is -3.38. The molecule has 12 nitrogen and oxygen atoms in total. The molecule has 5 atom stereocenters. The number of nitrogens with two attached hydrogens (primary N) is 1. The highest BCUT2D eigenvalue weighted by Gasteiger charge is 2.47. The van der Waals surface area contributed by atoms with Crippen LogP contribution in [0.15, 0.2) is 24.3 Å². The van der Waals surface area contributed by atoms with Crippen molar-refractivity contribution in [2.75, 3.05) is 6.54 Å². The average molecular weight is 595 g/mol. The van der Waals surface area contributed by atoms with Crippen molar-refractivity contribution < 1.29 is 38.9 Å². The molecule has 3 rings (SSSR count). The van der Waals surface area contributed by atoms with Gasteiger partial charge in [0.25, 0.3) is 0 Å². The van der Waals surface area contributed by atoms with Gasteiger partial charge in [-0.2, -0.15) is 0 Å². The molecule has 0 bridgehead atoms. The lowest BCUT2D eigenvalue weighted by molar-refractivity contribution is -0.150. The number of carbonyl (C=O) groups excluding carboxylic acids is 3. The van der Waals surface area contributed by atoms with Crippen molar-refractivity contribution >= 4 is 41.4 Å². The van der Waals surface area contributed by atoms with Gasteiger partial charge in [-0.1, -0.05) is 42.6 Å². The summed E-state index contributed by atoms with van der Waals surface area (Å²) in [6.07, 6.45) is 3.80. The van der Waals surface area contributed by atoms with E-state index >= 15 is 0 Å². The molecule has 1 aromatic rings. The Morgan fingerprint density at radius 3 is 2.44 bits per heavy atom. The number of carboxylic acids is 2. The highest BCUT2D eigenvalue weighted by atomic mass is 35.5. The van der Waals surface area contributed by atoms with Crippen molar-refractivity contribution in [3.63, 3.8) is 0 Å². The molecule has 41 heavy (non-hydrogen) atoms. The van der Waals surface area contributed by atoms with Gasteiger partial charge in [0.15, 0.2) is 0 Å². The van der Waals surface area contributed by atoms with Gasteiger partial charge in [0.1, 0.15) is 24.7 Å². The van der Waals surface area contributed by atoms with Crippen LogP contribution in [0.25, 0.3) is 0 Å². The summed E-state index contributed by atoms with van der Waals surface area (Å²) in [5, 5.41) is 24.8. The molecule has 1 aliphatic heterocycles. The smallest absolute Gasteiger partial charge is 0.408 e. The van der Waals surface area contributed by atoms with E-state index in [4.69, 9.17) is 22.1 Å². The number of benzene rings is 1. The molecular weight excluding hydrogens is 556 g/mol. The van der Waals surface area contributed by atoms with Gasteiger partial charge in [-0.05, 0) is 63.5 Å². The van der Waals surface area contributed by atoms with Crippen LogP contribution in [0.2, 0.25) is 5.02 Å². The summed E-state index contributed by atoms with van der Waals surface area (Å²) in [7, 11) is 0. The van der Waals surface area contributed by atoms with Crippen LogP contribution in [0.3, 0.4) is 0 Å². The van der Waals surface area contributed by atoms with E-state index < -0.39 is 48.0 Å². The summed E-state index contributed by atoms with van der Waals surface area (Å²) in [6.45, 7) is 0.249. The van der Waals surface area contributed by atoms with Gasteiger partial charge in [-0.25, -0.2) is 14.4 Å². The Morgan fingerprint density at radius 1 is 1.02 bits per heavy atom. The number of amides is 3. The lowest BCUT2D eigenvalue weighted by atomic mass is 9.84. The number of hydrogen-bond acceptors (Lipinski definition) is 7. The normalized spacial score (nSPS) is 21.3. The zero-order valence-corrected chi connectivity index (χ0v) is 23.7. The predicted molar refractivity (Wildman–Crippen MR) is 149 cm³/mol. The fourth-order valence-corrected chi connectivity index (χ4v) is 5.86. The first-order chi connectivity index (χ1) is 19.6. The molecule has 1 aromatic carbocycles. The van der Waals surface area contributed by atoms with Crippen molar-refractivity contribution in [3.8, 4) is 0 Å². The molecule has 0 spiro atoms. The molecule has 6 N–H and O–H groups in total. The number of rotatable bonds is 14. The number of alkyl carbamates (subject to hydrolysis) is 1. The lowest BCUT2D eigenvalue weighted by Gasteiger charge is -2.33. The van der Waals surface area contributed by atoms with Crippen molar-refractivity contribution in [2.45, 2.75) is 95.0 Å². The van der Waals surface area contributed by atoms with Crippen LogP contribution in [0, 0.1) is 5.92 Å². The molecule has 0 aromatic heterocycles. The third kappa shape index (κ3) is 9.06. The van der Waals surface area contributed by atoms with Crippen LogP contribution >= 0.6 is 11.6 Å². The van der Waals surface area contributed by atoms with E-state index in [0.717, 1.165) is 25.7 Å². The molecular formula is C28H39ClN4O8. The van der Waals surface area contributed by atoms with E-state index in [1.807, 2.05) is 0 Å². The number of hydrogen-bond donors (Lipinski definition) is 5. The predicted octanol–water partition coefficient (Wildman–Crippen LogP) is 2.66. The fraction of sp³-hybridized carbons (Fsp3) is 0.607. The first-order valence-electron chi connectivity index (χ1n) is 14.1. The molecule has 1 aliphatic carbocycles. The Morgan fingerprint density at radius 2 is 1.76 bits per heavy atom. The number of ether oxygens (including phenoxy) is 1. The summed E-state index contributed by atoms with van der Waals surface area (Å²) in [5.41, 5.74) is 6.13. The maximum Gasteiger partial charge on any atom is 0.408 e. The number of fused-ring (bicyclic) bond motifs is 1. The summed E-state index contributed by atoms with van der Waals surface area (Å²) in [6, 6.07) is 3.20. The van der Waals surface area contributed by atoms with Crippen molar-refractivity contribution in [2.24, 2.45) is 11.7 Å². The zero-order chi connectivity index (χ0) is 29.9. The molecule has 1 heterocycles. The maximum absolute atomic E-state index is 13.2. The summed E-state index contributed by atoms with van der Waals surface area (Å²) in [4.78, 5) is 64.0. The van der Waals surface area contributed by atoms with E-state index in [9.17, 15) is 34.2 Å². The first kappa shape index (κ1) is 32.1. The fourth-order valence-electron chi connectivity index (χ4n) is 5.67. The van der Waals surface area contributed by atoms with Gasteiger partial charge < -0.3 is 36.2 Å². The van der Waals surface area contributed by atoms with Crippen molar-refractivity contribution in [3.05, 3.63) is 34.9 Å². The highest BCUT2D eigenvalue weighted by Crippen LogP contribution is 2.40. The van der Waals surface area contributed by atoms with Gasteiger partial charge in [0, 0.05) is 23.0 Å². The average Bonchev–Trinajstić information content (AvgIpc) is 3.34. The number of nitrogens with one attached hydrogen (secondary N) is 2. The largest absolute Gasteiger partial charge is 0.480 e. The molecule has 1 saturated carbocycles. The molecule has 2 fully saturated rings. The Labute approximate surface area is 243 Å². The number of carboxylic acid groups (broad SMARTS) is 2. The minimum absolute atomic E-state index is 0.127. The SMILES string of the molecule is NCCCC[C@H](NC(=O)OCc1ccccc1Cl)C(=O)N[C@H](CCC(=O)N1C(C(=O)O)CC2CCCC[C@@H]21)C(=O)O. The molecule has 3 amide bonds. The van der Waals surface area contributed by atoms with E-state index in [0.29, 0.717) is 36.4 Å². The number of carbonyl (C=O) groups is 5. The van der Waals surface area contributed by atoms with Crippen LogP contribution < -0.4 is 16.4 Å². The van der Waals surface area contributed by atoms with Crippen LogP contribution in [0.5, 0.6) is 0 Å². The molecule has 1 saturated heterocycles. The van der Waals surface area contributed by atoms with Crippen molar-refractivity contribution in [1.82, 2.24) is 15.5 Å². The Bertz CT molecular complexity index is 1100. The monoisotopic (exact) mass is 594 g/mol. The second-order valence-electron chi connectivity index (χ2n) is 10.6. The van der Waals surface area contributed by atoms with E-state index in [2.05, 4.69) is 10.6 Å². The van der Waals surface area contributed by atoms with Crippen LogP contribution in [-0.2, 0) is 30.5 Å². The van der Waals surface area contributed by atoms with E-state index in [1.165, 1.54) is 4.90 Å². The Kier molecular flexibility index (Phi) is 12.2. The standard InChI is InChI=1S/C28H39ClN4O8/c29-19-9-3-1-8-18(19)16-41-28(40)32-20(10-5-6-14-30)25(35)31-21(26(36)37)12-13-24(34)33-22-11-4-2-7-17(22)15-23(33)27(38)39/h1,3,8-9,17,20-23H,2,4-7,10-16,30H2,(H,31,35)(H,32,40)(H,36,37)(H,38,39)/t17?,20-,21+,22-,23?/m0/s1. The van der Waals surface area contributed by atoms with Gasteiger partial charge in [-0.3, -0.25) is 9.59 Å². The number of likely N-dealkylation sites (tertiary alicyclic amines) is 1. The van der Waals surface area contributed by atoms with Crippen molar-refractivity contribution in [1.29, 1.82) is 0 Å². The molecule has 13 heteroatoms.